The predicted molar refractivity (Wildman–Crippen MR) is 106 cm³/mol. The zero-order valence-electron chi connectivity index (χ0n) is 14.6. The third-order valence-corrected chi connectivity index (χ3v) is 4.60. The average molecular weight is 356 g/mol. The van der Waals surface area contributed by atoms with E-state index in [4.69, 9.17) is 0 Å². The molecule has 132 valence electrons. The molecule has 0 fully saturated rings. The molecule has 4 aromatic rings. The number of rotatable bonds is 3. The molecule has 0 saturated carbocycles. The van der Waals surface area contributed by atoms with E-state index >= 15 is 0 Å². The number of allylic oxidation sites excluding steroid dienone is 1. The Kier molecular flexibility index (Phi) is 4.05. The molecule has 0 N–H and O–H groups in total. The van der Waals surface area contributed by atoms with Gasteiger partial charge in [-0.1, -0.05) is 54.6 Å². The first-order valence-corrected chi connectivity index (χ1v) is 8.52. The van der Waals surface area contributed by atoms with Gasteiger partial charge in [-0.05, 0) is 41.5 Å². The van der Waals surface area contributed by atoms with Crippen LogP contribution in [0.25, 0.3) is 27.9 Å². The molecule has 27 heavy (non-hydrogen) atoms. The lowest BCUT2D eigenvalue weighted by atomic mass is 10.1. The van der Waals surface area contributed by atoms with Crippen LogP contribution in [0.4, 0.5) is 0 Å². The lowest BCUT2D eigenvalue weighted by Crippen LogP contribution is -2.29. The molecule has 0 unspecified atom stereocenters. The normalized spacial score (nSPS) is 11.4. The average Bonchev–Trinajstić information content (AvgIpc) is 2.70. The summed E-state index contributed by atoms with van der Waals surface area (Å²) in [5.74, 6) is -0.508. The standard InChI is InChI=1S/C22H16N2O3/c1-15-22(24(27)20-9-5-4-8-19(20)23(15)26)21(25)13-11-16-10-12-17-6-2-3-7-18(17)14-16/h2-14H,1H3/b13-11+. The van der Waals surface area contributed by atoms with E-state index in [1.165, 1.54) is 19.1 Å². The van der Waals surface area contributed by atoms with Gasteiger partial charge in [0.05, 0.1) is 10.1 Å². The lowest BCUT2D eigenvalue weighted by molar-refractivity contribution is -0.468. The molecule has 0 atom stereocenters. The van der Waals surface area contributed by atoms with Gasteiger partial charge in [0.1, 0.15) is 5.52 Å². The molecule has 4 rings (SSSR count). The zero-order valence-corrected chi connectivity index (χ0v) is 14.6. The molecular weight excluding hydrogens is 340 g/mol. The fourth-order valence-corrected chi connectivity index (χ4v) is 3.19. The number of aromatic nitrogens is 2. The molecule has 0 aliphatic heterocycles. The summed E-state index contributed by atoms with van der Waals surface area (Å²) in [4.78, 5) is 25.3. The van der Waals surface area contributed by atoms with Gasteiger partial charge in [0, 0.05) is 11.0 Å². The topological polar surface area (TPSA) is 68.0 Å². The molecular formula is C22H16N2O3. The van der Waals surface area contributed by atoms with Crippen molar-refractivity contribution in [3.05, 3.63) is 99.9 Å². The predicted octanol–water partition coefficient (Wildman–Crippen LogP) is 4.26. The van der Waals surface area contributed by atoms with Crippen molar-refractivity contribution >= 4 is 33.7 Å². The van der Waals surface area contributed by atoms with E-state index < -0.39 is 5.78 Å². The van der Waals surface area contributed by atoms with Crippen LogP contribution in [0.2, 0.25) is 0 Å². The monoisotopic (exact) mass is 356 g/mol. The molecule has 1 heterocycles. The van der Waals surface area contributed by atoms with E-state index in [1.807, 2.05) is 42.5 Å². The van der Waals surface area contributed by atoms with Crippen molar-refractivity contribution in [3.8, 4) is 0 Å². The molecule has 0 radical (unpaired) electrons. The fourth-order valence-electron chi connectivity index (χ4n) is 3.19. The summed E-state index contributed by atoms with van der Waals surface area (Å²) in [6, 6.07) is 20.2. The highest BCUT2D eigenvalue weighted by molar-refractivity contribution is 6.05. The number of fused-ring (bicyclic) bond motifs is 2. The van der Waals surface area contributed by atoms with Crippen molar-refractivity contribution in [1.82, 2.24) is 4.73 Å². The fraction of sp³-hybridized carbons (Fsp3) is 0.0455. The van der Waals surface area contributed by atoms with Gasteiger partial charge in [-0.2, -0.15) is 0 Å². The maximum Gasteiger partial charge on any atom is 0.329 e. The Morgan fingerprint density at radius 1 is 1.00 bits per heavy atom. The van der Waals surface area contributed by atoms with Crippen LogP contribution in [-0.2, 0) is 0 Å². The lowest BCUT2D eigenvalue weighted by Gasteiger charge is -2.15. The molecule has 1 aromatic heterocycles. The minimum Gasteiger partial charge on any atom is -0.805 e. The van der Waals surface area contributed by atoms with Crippen molar-refractivity contribution in [2.24, 2.45) is 0 Å². The van der Waals surface area contributed by atoms with Gasteiger partial charge in [-0.15, -0.1) is 0 Å². The van der Waals surface area contributed by atoms with Crippen molar-refractivity contribution in [2.45, 2.75) is 6.92 Å². The molecule has 0 saturated heterocycles. The molecule has 0 aliphatic carbocycles. The van der Waals surface area contributed by atoms with Crippen LogP contribution < -0.4 is 4.43 Å². The van der Waals surface area contributed by atoms with Crippen LogP contribution in [0.5, 0.6) is 0 Å². The highest BCUT2D eigenvalue weighted by atomic mass is 16.5. The van der Waals surface area contributed by atoms with E-state index in [1.54, 1.807) is 24.3 Å². The molecule has 3 aromatic carbocycles. The van der Waals surface area contributed by atoms with Crippen LogP contribution in [0.15, 0.2) is 72.8 Å². The number of hydrogen-bond donors (Lipinski definition) is 0. The molecule has 5 nitrogen and oxygen atoms in total. The first kappa shape index (κ1) is 16.7. The molecule has 0 bridgehead atoms. The first-order chi connectivity index (χ1) is 13.1. The smallest absolute Gasteiger partial charge is 0.329 e. The second kappa shape index (κ2) is 6.53. The first-order valence-electron chi connectivity index (χ1n) is 8.52. The number of nitrogens with zero attached hydrogens (tertiary/aromatic N) is 2. The van der Waals surface area contributed by atoms with E-state index in [0.717, 1.165) is 16.3 Å². The Hall–Kier alpha value is -3.73. The van der Waals surface area contributed by atoms with Gasteiger partial charge in [-0.3, -0.25) is 4.79 Å². The summed E-state index contributed by atoms with van der Waals surface area (Å²) in [5.41, 5.74) is 1.16. The Morgan fingerprint density at radius 2 is 1.70 bits per heavy atom. The van der Waals surface area contributed by atoms with Crippen molar-refractivity contribution < 1.29 is 9.22 Å². The number of carbonyl (C=O) groups is 1. The highest BCUT2D eigenvalue weighted by Gasteiger charge is 2.24. The van der Waals surface area contributed by atoms with Gasteiger partial charge in [0.2, 0.25) is 0 Å². The number of para-hydroxylation sites is 2. The molecule has 0 amide bonds. The third kappa shape index (κ3) is 2.89. The number of carbonyl (C=O) groups excluding carboxylic acids is 1. The van der Waals surface area contributed by atoms with Crippen LogP contribution in [-0.4, -0.2) is 10.5 Å². The number of hydrogen-bond acceptors (Lipinski definition) is 3. The summed E-state index contributed by atoms with van der Waals surface area (Å²) in [6.45, 7) is 1.48. The number of benzene rings is 3. The zero-order chi connectivity index (χ0) is 19.0. The van der Waals surface area contributed by atoms with E-state index in [2.05, 4.69) is 0 Å². The Labute approximate surface area is 155 Å². The van der Waals surface area contributed by atoms with Crippen LogP contribution in [0.3, 0.4) is 0 Å². The SMILES string of the molecule is Cc1c(C(=O)/C=C/c2ccc3ccccc3c2)[n+](=O)c2ccccc2n1[O-]. The summed E-state index contributed by atoms with van der Waals surface area (Å²) >= 11 is 0. The van der Waals surface area contributed by atoms with Crippen molar-refractivity contribution in [1.29, 1.82) is 0 Å². The second-order valence-corrected chi connectivity index (χ2v) is 6.32. The summed E-state index contributed by atoms with van der Waals surface area (Å²) in [7, 11) is 0. The van der Waals surface area contributed by atoms with Gasteiger partial charge >= 0.3 is 5.69 Å². The van der Waals surface area contributed by atoms with Crippen LogP contribution >= 0.6 is 0 Å². The maximum absolute atomic E-state index is 12.7. The van der Waals surface area contributed by atoms with E-state index in [0.29, 0.717) is 9.16 Å². The third-order valence-electron chi connectivity index (χ3n) is 4.60. The summed E-state index contributed by atoms with van der Waals surface area (Å²) in [6.07, 6.45) is 2.98. The molecule has 0 aliphatic rings. The minimum absolute atomic E-state index is 0.0804. The quantitative estimate of drug-likeness (QED) is 0.313. The number of ketones is 1. The van der Waals surface area contributed by atoms with Gasteiger partial charge < -0.3 is 9.94 Å². The molecule has 0 spiro atoms. The van der Waals surface area contributed by atoms with E-state index in [-0.39, 0.29) is 22.4 Å². The van der Waals surface area contributed by atoms with Crippen molar-refractivity contribution in [3.63, 3.8) is 0 Å². The van der Waals surface area contributed by atoms with Crippen molar-refractivity contribution in [2.75, 3.05) is 0 Å². The molecule has 5 heteroatoms. The van der Waals surface area contributed by atoms with Gasteiger partial charge in [-0.25, -0.2) is 0 Å². The highest BCUT2D eigenvalue weighted by Crippen LogP contribution is 2.18. The Bertz CT molecular complexity index is 1290. The van der Waals surface area contributed by atoms with Gasteiger partial charge in [0.25, 0.3) is 11.3 Å². The van der Waals surface area contributed by atoms with E-state index in [9.17, 15) is 14.9 Å². The largest absolute Gasteiger partial charge is 0.805 e. The van der Waals surface area contributed by atoms with Gasteiger partial charge in [0.15, 0.2) is 0 Å². The summed E-state index contributed by atoms with van der Waals surface area (Å²) in [5, 5.41) is 14.6. The maximum atomic E-state index is 12.7. The van der Waals surface area contributed by atoms with Crippen LogP contribution in [0, 0.1) is 17.0 Å². The summed E-state index contributed by atoms with van der Waals surface area (Å²) < 4.78 is 1.16. The second-order valence-electron chi connectivity index (χ2n) is 6.32. The Balaban J connectivity index is 1.76. The minimum atomic E-state index is -0.508. The van der Waals surface area contributed by atoms with Crippen LogP contribution in [0.1, 0.15) is 21.7 Å². The Morgan fingerprint density at radius 3 is 2.52 bits per heavy atom.